The maximum absolute atomic E-state index is 11.8. The van der Waals surface area contributed by atoms with Crippen LogP contribution in [0.4, 0.5) is 0 Å². The van der Waals surface area contributed by atoms with Gasteiger partial charge in [-0.25, -0.2) is 4.79 Å². The van der Waals surface area contributed by atoms with Crippen LogP contribution in [0, 0.1) is 0 Å². The molecule has 0 unspecified atom stereocenters. The van der Waals surface area contributed by atoms with Crippen molar-refractivity contribution in [2.75, 3.05) is 0 Å². The molecule has 0 fully saturated rings. The molecule has 0 atom stereocenters. The predicted octanol–water partition coefficient (Wildman–Crippen LogP) is 4.35. The molecule has 0 saturated heterocycles. The van der Waals surface area contributed by atoms with E-state index in [-0.39, 0.29) is 33.1 Å². The van der Waals surface area contributed by atoms with E-state index in [1.165, 1.54) is 6.07 Å². The third-order valence-corrected chi connectivity index (χ3v) is 4.21. The lowest BCUT2D eigenvalue weighted by Gasteiger charge is -2.21. The van der Waals surface area contributed by atoms with Crippen molar-refractivity contribution in [2.24, 2.45) is 5.73 Å². The number of phenolic OH excluding ortho intramolecular Hbond substituents is 1. The number of rotatable bonds is 3. The molecule has 0 amide bonds. The number of hydrogen-bond donors (Lipinski definition) is 3. The standard InChI is InChI=1S/C18H16ClNO4/c1-18(2,20)10-8-11-12(14(19)15(10)21)13(17(22)23)16(24-11)9-6-4-3-5-7-9/h3-8,21H,20H2,1-2H3,(H,22,23). The van der Waals surface area contributed by atoms with Crippen LogP contribution < -0.4 is 5.73 Å². The largest absolute Gasteiger partial charge is 0.506 e. The smallest absolute Gasteiger partial charge is 0.340 e. The third kappa shape index (κ3) is 2.52. The first-order valence-electron chi connectivity index (χ1n) is 7.28. The maximum atomic E-state index is 11.8. The fourth-order valence-electron chi connectivity index (χ4n) is 2.69. The summed E-state index contributed by atoms with van der Waals surface area (Å²) in [4.78, 5) is 11.8. The summed E-state index contributed by atoms with van der Waals surface area (Å²) in [5.41, 5.74) is 6.35. The van der Waals surface area contributed by atoms with Gasteiger partial charge in [0.1, 0.15) is 22.7 Å². The maximum Gasteiger partial charge on any atom is 0.340 e. The molecule has 1 heterocycles. The van der Waals surface area contributed by atoms with Crippen molar-refractivity contribution in [3.05, 3.63) is 52.5 Å². The number of carboxylic acid groups (broad SMARTS) is 1. The van der Waals surface area contributed by atoms with E-state index in [1.54, 1.807) is 38.1 Å². The van der Waals surface area contributed by atoms with Gasteiger partial charge in [0, 0.05) is 16.7 Å². The number of halogens is 1. The Morgan fingerprint density at radius 1 is 1.25 bits per heavy atom. The second kappa shape index (κ2) is 5.54. The van der Waals surface area contributed by atoms with Gasteiger partial charge in [0.2, 0.25) is 0 Å². The lowest BCUT2D eigenvalue weighted by Crippen LogP contribution is -2.28. The van der Waals surface area contributed by atoms with Crippen LogP contribution in [-0.4, -0.2) is 16.2 Å². The van der Waals surface area contributed by atoms with Crippen LogP contribution in [0.25, 0.3) is 22.3 Å². The molecule has 1 aromatic heterocycles. The highest BCUT2D eigenvalue weighted by atomic mass is 35.5. The fourth-order valence-corrected chi connectivity index (χ4v) is 2.98. The van der Waals surface area contributed by atoms with Crippen molar-refractivity contribution < 1.29 is 19.4 Å². The number of carbonyl (C=O) groups is 1. The van der Waals surface area contributed by atoms with E-state index in [4.69, 9.17) is 21.8 Å². The van der Waals surface area contributed by atoms with Gasteiger partial charge in [-0.3, -0.25) is 0 Å². The number of aromatic hydroxyl groups is 1. The van der Waals surface area contributed by atoms with Crippen molar-refractivity contribution >= 4 is 28.5 Å². The molecule has 0 aliphatic heterocycles. The Morgan fingerprint density at radius 2 is 1.88 bits per heavy atom. The van der Waals surface area contributed by atoms with Crippen molar-refractivity contribution in [2.45, 2.75) is 19.4 Å². The van der Waals surface area contributed by atoms with Crippen LogP contribution in [0.5, 0.6) is 5.75 Å². The SMILES string of the molecule is CC(C)(N)c1cc2oc(-c3ccccc3)c(C(=O)O)c2c(Cl)c1O. The van der Waals surface area contributed by atoms with E-state index >= 15 is 0 Å². The number of phenols is 1. The highest BCUT2D eigenvalue weighted by Crippen LogP contribution is 2.44. The van der Waals surface area contributed by atoms with Crippen LogP contribution in [0.1, 0.15) is 29.8 Å². The van der Waals surface area contributed by atoms with Crippen molar-refractivity contribution in [1.82, 2.24) is 0 Å². The van der Waals surface area contributed by atoms with E-state index in [0.29, 0.717) is 11.1 Å². The first-order valence-corrected chi connectivity index (χ1v) is 7.65. The molecule has 0 aliphatic carbocycles. The Kier molecular flexibility index (Phi) is 3.78. The minimum Gasteiger partial charge on any atom is -0.506 e. The number of fused-ring (bicyclic) bond motifs is 1. The molecule has 0 saturated carbocycles. The molecular formula is C18H16ClNO4. The molecule has 5 nitrogen and oxygen atoms in total. The molecule has 24 heavy (non-hydrogen) atoms. The van der Waals surface area contributed by atoms with Crippen LogP contribution in [-0.2, 0) is 5.54 Å². The van der Waals surface area contributed by atoms with Gasteiger partial charge in [-0.1, -0.05) is 41.9 Å². The lowest BCUT2D eigenvalue weighted by molar-refractivity contribution is 0.0699. The summed E-state index contributed by atoms with van der Waals surface area (Å²) in [6.07, 6.45) is 0. The summed E-state index contributed by atoms with van der Waals surface area (Å²) in [5, 5.41) is 20.1. The highest BCUT2D eigenvalue weighted by Gasteiger charge is 2.29. The molecule has 0 radical (unpaired) electrons. The molecule has 3 rings (SSSR count). The van der Waals surface area contributed by atoms with Crippen molar-refractivity contribution in [3.63, 3.8) is 0 Å². The van der Waals surface area contributed by atoms with Gasteiger partial charge >= 0.3 is 5.97 Å². The molecule has 2 aromatic carbocycles. The molecule has 0 bridgehead atoms. The summed E-state index contributed by atoms with van der Waals surface area (Å²) < 4.78 is 5.79. The van der Waals surface area contributed by atoms with Gasteiger partial charge in [0.05, 0.1) is 10.4 Å². The number of nitrogens with two attached hydrogens (primary N) is 1. The zero-order valence-electron chi connectivity index (χ0n) is 13.1. The van der Waals surface area contributed by atoms with Gasteiger partial charge in [-0.2, -0.15) is 0 Å². The minimum absolute atomic E-state index is 0.0793. The van der Waals surface area contributed by atoms with Gasteiger partial charge < -0.3 is 20.4 Å². The Morgan fingerprint density at radius 3 is 2.42 bits per heavy atom. The summed E-state index contributed by atoms with van der Waals surface area (Å²) in [6, 6.07) is 10.4. The molecule has 4 N–H and O–H groups in total. The average molecular weight is 346 g/mol. The van der Waals surface area contributed by atoms with E-state index in [0.717, 1.165) is 0 Å². The first-order chi connectivity index (χ1) is 11.2. The van der Waals surface area contributed by atoms with Gasteiger partial charge in [-0.15, -0.1) is 0 Å². The Balaban J connectivity index is 2.43. The molecule has 3 aromatic rings. The second-order valence-corrected chi connectivity index (χ2v) is 6.54. The van der Waals surface area contributed by atoms with E-state index < -0.39 is 11.5 Å². The number of benzene rings is 2. The Bertz CT molecular complexity index is 939. The average Bonchev–Trinajstić information content (AvgIpc) is 2.90. The summed E-state index contributed by atoms with van der Waals surface area (Å²) >= 11 is 6.26. The molecule has 124 valence electrons. The normalized spacial score (nSPS) is 11.8. The highest BCUT2D eigenvalue weighted by molar-refractivity contribution is 6.38. The van der Waals surface area contributed by atoms with Gasteiger partial charge in [0.25, 0.3) is 0 Å². The van der Waals surface area contributed by atoms with Gasteiger partial charge in [-0.05, 0) is 19.9 Å². The Hall–Kier alpha value is -2.50. The predicted molar refractivity (Wildman–Crippen MR) is 92.5 cm³/mol. The minimum atomic E-state index is -1.19. The number of furan rings is 1. The molecule has 0 aliphatic rings. The quantitative estimate of drug-likeness (QED) is 0.655. The lowest BCUT2D eigenvalue weighted by atomic mass is 9.93. The van der Waals surface area contributed by atoms with E-state index in [1.807, 2.05) is 6.07 Å². The zero-order chi connectivity index (χ0) is 17.6. The summed E-state index contributed by atoms with van der Waals surface area (Å²) in [6.45, 7) is 3.42. The monoisotopic (exact) mass is 345 g/mol. The van der Waals surface area contributed by atoms with Crippen molar-refractivity contribution in [1.29, 1.82) is 0 Å². The molecule has 6 heteroatoms. The van der Waals surface area contributed by atoms with Crippen LogP contribution in [0.15, 0.2) is 40.8 Å². The summed E-state index contributed by atoms with van der Waals surface area (Å²) in [5.74, 6) is -1.24. The van der Waals surface area contributed by atoms with E-state index in [9.17, 15) is 15.0 Å². The fraction of sp³-hybridized carbons (Fsp3) is 0.167. The van der Waals surface area contributed by atoms with Crippen LogP contribution >= 0.6 is 11.6 Å². The van der Waals surface area contributed by atoms with Gasteiger partial charge in [0.15, 0.2) is 0 Å². The topological polar surface area (TPSA) is 96.7 Å². The summed E-state index contributed by atoms with van der Waals surface area (Å²) in [7, 11) is 0. The van der Waals surface area contributed by atoms with E-state index in [2.05, 4.69) is 0 Å². The number of carboxylic acids is 1. The zero-order valence-corrected chi connectivity index (χ0v) is 13.9. The number of hydrogen-bond acceptors (Lipinski definition) is 4. The number of aromatic carboxylic acids is 1. The van der Waals surface area contributed by atoms with Crippen molar-refractivity contribution in [3.8, 4) is 17.1 Å². The second-order valence-electron chi connectivity index (χ2n) is 6.16. The van der Waals surface area contributed by atoms with Crippen LogP contribution in [0.2, 0.25) is 5.02 Å². The molecular weight excluding hydrogens is 330 g/mol. The third-order valence-electron chi connectivity index (χ3n) is 3.84. The first kappa shape index (κ1) is 16.4. The molecule has 0 spiro atoms. The Labute approximate surface area is 143 Å². The van der Waals surface area contributed by atoms with Crippen LogP contribution in [0.3, 0.4) is 0 Å².